The monoisotopic (exact) mass is 359 g/mol. The number of piperidine rings is 1. The molecule has 0 saturated carbocycles. The van der Waals surface area contributed by atoms with E-state index in [0.29, 0.717) is 0 Å². The van der Waals surface area contributed by atoms with Crippen LogP contribution in [-0.4, -0.2) is 33.1 Å². The molecule has 0 aliphatic carbocycles. The van der Waals surface area contributed by atoms with Gasteiger partial charge in [-0.2, -0.15) is 0 Å². The quantitative estimate of drug-likeness (QED) is 0.759. The van der Waals surface area contributed by atoms with Crippen molar-refractivity contribution in [2.75, 3.05) is 6.54 Å². The zero-order chi connectivity index (χ0) is 18.0. The maximum Gasteiger partial charge on any atom is 0.410 e. The Morgan fingerprint density at radius 1 is 1.32 bits per heavy atom. The lowest BCUT2D eigenvalue weighted by atomic mass is 10.0. The summed E-state index contributed by atoms with van der Waals surface area (Å²) in [6.07, 6.45) is 4.64. The van der Waals surface area contributed by atoms with Gasteiger partial charge in [-0.25, -0.2) is 9.78 Å². The Kier molecular flexibility index (Phi) is 5.08. The second-order valence-corrected chi connectivity index (χ2v) is 8.31. The molecule has 1 fully saturated rings. The largest absolute Gasteiger partial charge is 0.444 e. The van der Waals surface area contributed by atoms with Gasteiger partial charge in [-0.05, 0) is 59.1 Å². The average Bonchev–Trinajstić information content (AvgIpc) is 3.04. The van der Waals surface area contributed by atoms with Gasteiger partial charge in [0.1, 0.15) is 10.6 Å². The van der Waals surface area contributed by atoms with Gasteiger partial charge in [0.2, 0.25) is 0 Å². The Labute approximate surface area is 153 Å². The van der Waals surface area contributed by atoms with Gasteiger partial charge < -0.3 is 4.74 Å². The molecule has 1 amide bonds. The maximum atomic E-state index is 12.6. The minimum atomic E-state index is -0.486. The van der Waals surface area contributed by atoms with Crippen molar-refractivity contribution in [3.05, 3.63) is 35.1 Å². The number of carbonyl (C=O) groups is 1. The van der Waals surface area contributed by atoms with Crippen LogP contribution in [0.4, 0.5) is 4.79 Å². The van der Waals surface area contributed by atoms with Crippen LogP contribution in [0.25, 0.3) is 10.6 Å². The van der Waals surface area contributed by atoms with Crippen molar-refractivity contribution in [1.29, 1.82) is 0 Å². The van der Waals surface area contributed by atoms with Crippen LogP contribution in [-0.2, 0) is 4.74 Å². The molecule has 134 valence electrons. The Morgan fingerprint density at radius 3 is 2.80 bits per heavy atom. The summed E-state index contributed by atoms with van der Waals surface area (Å²) in [6, 6.07) is 4.02. The smallest absolute Gasteiger partial charge is 0.410 e. The summed E-state index contributed by atoms with van der Waals surface area (Å²) < 4.78 is 5.59. The first-order valence-electron chi connectivity index (χ1n) is 8.71. The molecule has 1 atom stereocenters. The van der Waals surface area contributed by atoms with Crippen LogP contribution >= 0.6 is 11.3 Å². The summed E-state index contributed by atoms with van der Waals surface area (Å²) in [5.74, 6) is 0. The third-order valence-corrected chi connectivity index (χ3v) is 5.06. The molecule has 2 aromatic rings. The maximum absolute atomic E-state index is 12.6. The fraction of sp³-hybridized carbons (Fsp3) is 0.526. The van der Waals surface area contributed by atoms with Gasteiger partial charge in [-0.15, -0.1) is 11.3 Å². The minimum absolute atomic E-state index is 0.00740. The lowest BCUT2D eigenvalue weighted by Gasteiger charge is -2.36. The molecule has 1 unspecified atom stereocenters. The van der Waals surface area contributed by atoms with Gasteiger partial charge in [0.05, 0.1) is 11.7 Å². The Hall–Kier alpha value is -1.95. The highest BCUT2D eigenvalue weighted by Crippen LogP contribution is 2.34. The van der Waals surface area contributed by atoms with Gasteiger partial charge in [-0.1, -0.05) is 0 Å². The number of rotatable bonds is 2. The van der Waals surface area contributed by atoms with E-state index in [1.54, 1.807) is 11.3 Å². The molecule has 1 aliphatic rings. The van der Waals surface area contributed by atoms with E-state index in [2.05, 4.69) is 10.4 Å². The SMILES string of the molecule is Cc1ccc(-c2nc(C3CCCCN3C(=O)OC(C)(C)C)cs2)cn1. The summed E-state index contributed by atoms with van der Waals surface area (Å²) >= 11 is 1.60. The highest BCUT2D eigenvalue weighted by Gasteiger charge is 2.32. The number of pyridine rings is 1. The highest BCUT2D eigenvalue weighted by atomic mass is 32.1. The van der Waals surface area contributed by atoms with Gasteiger partial charge >= 0.3 is 6.09 Å². The first-order chi connectivity index (χ1) is 11.8. The number of aromatic nitrogens is 2. The van der Waals surface area contributed by atoms with E-state index >= 15 is 0 Å². The summed E-state index contributed by atoms with van der Waals surface area (Å²) in [7, 11) is 0. The topological polar surface area (TPSA) is 55.3 Å². The summed E-state index contributed by atoms with van der Waals surface area (Å²) in [5, 5.41) is 3.00. The van der Waals surface area contributed by atoms with Crippen LogP contribution in [0.1, 0.15) is 57.5 Å². The van der Waals surface area contributed by atoms with E-state index in [1.165, 1.54) is 0 Å². The minimum Gasteiger partial charge on any atom is -0.444 e. The normalized spacial score (nSPS) is 18.2. The molecule has 0 spiro atoms. The molecule has 1 saturated heterocycles. The Bertz CT molecular complexity index is 734. The number of aryl methyl sites for hydroxylation is 1. The van der Waals surface area contributed by atoms with Crippen LogP contribution < -0.4 is 0 Å². The molecule has 0 aromatic carbocycles. The number of carbonyl (C=O) groups excluding carboxylic acids is 1. The van der Waals surface area contributed by atoms with Gasteiger partial charge in [-0.3, -0.25) is 9.88 Å². The zero-order valence-corrected chi connectivity index (χ0v) is 16.1. The van der Waals surface area contributed by atoms with E-state index in [0.717, 1.165) is 47.8 Å². The first-order valence-corrected chi connectivity index (χ1v) is 9.59. The molecule has 2 aromatic heterocycles. The molecule has 0 bridgehead atoms. The van der Waals surface area contributed by atoms with Crippen molar-refractivity contribution < 1.29 is 9.53 Å². The lowest BCUT2D eigenvalue weighted by molar-refractivity contribution is 0.00908. The molecule has 6 heteroatoms. The molecule has 25 heavy (non-hydrogen) atoms. The number of thiazole rings is 1. The summed E-state index contributed by atoms with van der Waals surface area (Å²) in [4.78, 5) is 23.6. The molecule has 3 heterocycles. The molecule has 0 radical (unpaired) electrons. The number of nitrogens with zero attached hydrogens (tertiary/aromatic N) is 3. The van der Waals surface area contributed by atoms with Gasteiger partial charge in [0, 0.05) is 29.4 Å². The van der Waals surface area contributed by atoms with Crippen LogP contribution in [0, 0.1) is 6.92 Å². The fourth-order valence-electron chi connectivity index (χ4n) is 2.94. The van der Waals surface area contributed by atoms with E-state index in [9.17, 15) is 4.79 Å². The number of hydrogen-bond acceptors (Lipinski definition) is 5. The van der Waals surface area contributed by atoms with Crippen LogP contribution in [0.15, 0.2) is 23.7 Å². The number of hydrogen-bond donors (Lipinski definition) is 0. The highest BCUT2D eigenvalue weighted by molar-refractivity contribution is 7.13. The van der Waals surface area contributed by atoms with Gasteiger partial charge in [0.15, 0.2) is 0 Å². The third kappa shape index (κ3) is 4.37. The lowest BCUT2D eigenvalue weighted by Crippen LogP contribution is -2.42. The third-order valence-electron chi connectivity index (χ3n) is 4.15. The first kappa shape index (κ1) is 17.9. The predicted molar refractivity (Wildman–Crippen MR) is 99.6 cm³/mol. The van der Waals surface area contributed by atoms with Crippen molar-refractivity contribution in [1.82, 2.24) is 14.9 Å². The molecule has 5 nitrogen and oxygen atoms in total. The average molecular weight is 359 g/mol. The molecular weight excluding hydrogens is 334 g/mol. The molecule has 0 N–H and O–H groups in total. The second-order valence-electron chi connectivity index (χ2n) is 7.45. The van der Waals surface area contributed by atoms with Crippen molar-refractivity contribution >= 4 is 17.4 Å². The fourth-order valence-corrected chi connectivity index (χ4v) is 3.80. The molecule has 3 rings (SSSR count). The van der Waals surface area contributed by atoms with Gasteiger partial charge in [0.25, 0.3) is 0 Å². The summed E-state index contributed by atoms with van der Waals surface area (Å²) in [5.41, 5.74) is 2.47. The molecule has 1 aliphatic heterocycles. The molecular formula is C19H25N3O2S. The predicted octanol–water partition coefficient (Wildman–Crippen LogP) is 4.98. The van der Waals surface area contributed by atoms with E-state index in [-0.39, 0.29) is 12.1 Å². The zero-order valence-electron chi connectivity index (χ0n) is 15.3. The Morgan fingerprint density at radius 2 is 2.12 bits per heavy atom. The number of likely N-dealkylation sites (tertiary alicyclic amines) is 1. The van der Waals surface area contributed by atoms with Crippen molar-refractivity contribution in [2.24, 2.45) is 0 Å². The number of amides is 1. The van der Waals surface area contributed by atoms with E-state index in [4.69, 9.17) is 9.72 Å². The van der Waals surface area contributed by atoms with Crippen LogP contribution in [0.2, 0.25) is 0 Å². The van der Waals surface area contributed by atoms with Crippen molar-refractivity contribution in [3.8, 4) is 10.6 Å². The Balaban J connectivity index is 1.81. The van der Waals surface area contributed by atoms with Crippen molar-refractivity contribution in [2.45, 2.75) is 58.6 Å². The van der Waals surface area contributed by atoms with Crippen molar-refractivity contribution in [3.63, 3.8) is 0 Å². The van der Waals surface area contributed by atoms with Crippen LogP contribution in [0.3, 0.4) is 0 Å². The number of ether oxygens (including phenoxy) is 1. The standard InChI is InChI=1S/C19H25N3O2S/c1-13-8-9-14(11-20-13)17-21-15(12-25-17)16-7-5-6-10-22(16)18(23)24-19(2,3)4/h8-9,11-12,16H,5-7,10H2,1-4H3. The van der Waals surface area contributed by atoms with E-state index in [1.807, 2.05) is 50.9 Å². The van der Waals surface area contributed by atoms with Crippen LogP contribution in [0.5, 0.6) is 0 Å². The second kappa shape index (κ2) is 7.12. The summed E-state index contributed by atoms with van der Waals surface area (Å²) in [6.45, 7) is 8.38. The van der Waals surface area contributed by atoms with E-state index < -0.39 is 5.60 Å².